The van der Waals surface area contributed by atoms with Crippen LogP contribution in [0.25, 0.3) is 5.52 Å². The van der Waals surface area contributed by atoms with Crippen LogP contribution in [0, 0.1) is 0 Å². The summed E-state index contributed by atoms with van der Waals surface area (Å²) in [6.07, 6.45) is 1.84. The maximum absolute atomic E-state index is 10.6. The van der Waals surface area contributed by atoms with E-state index in [0.29, 0.717) is 0 Å². The Morgan fingerprint density at radius 1 is 1.60 bits per heavy atom. The highest BCUT2D eigenvalue weighted by atomic mass is 16.4. The van der Waals surface area contributed by atoms with E-state index in [1.165, 1.54) is 0 Å². The lowest BCUT2D eigenvalue weighted by Crippen LogP contribution is -2.33. The molecular weight excluding hydrogens is 196 g/mol. The van der Waals surface area contributed by atoms with Crippen molar-refractivity contribution < 1.29 is 9.90 Å². The molecule has 2 aromatic heterocycles. The molecule has 2 aromatic rings. The van der Waals surface area contributed by atoms with Crippen LogP contribution in [0.2, 0.25) is 0 Å². The third-order valence-electron chi connectivity index (χ3n) is 2.15. The number of aromatic nitrogens is 3. The van der Waals surface area contributed by atoms with Crippen LogP contribution in [-0.2, 0) is 11.2 Å². The van der Waals surface area contributed by atoms with Gasteiger partial charge in [-0.05, 0) is 12.1 Å². The van der Waals surface area contributed by atoms with Crippen LogP contribution >= 0.6 is 0 Å². The molecule has 0 bridgehead atoms. The Hall–Kier alpha value is -1.95. The van der Waals surface area contributed by atoms with Crippen LogP contribution in [-0.4, -0.2) is 31.9 Å². The number of fused-ring (bicyclic) bond motifs is 1. The van der Waals surface area contributed by atoms with E-state index < -0.39 is 12.0 Å². The van der Waals surface area contributed by atoms with Crippen LogP contribution in [0.5, 0.6) is 0 Å². The van der Waals surface area contributed by atoms with Gasteiger partial charge in [-0.25, -0.2) is 4.52 Å². The molecule has 0 saturated carbocycles. The summed E-state index contributed by atoms with van der Waals surface area (Å²) < 4.78 is 1.59. The summed E-state index contributed by atoms with van der Waals surface area (Å²) in [6, 6.07) is 4.53. The van der Waals surface area contributed by atoms with E-state index in [9.17, 15) is 4.79 Å². The fraction of sp³-hybridized carbons (Fsp3) is 0.222. The molecule has 0 fully saturated rings. The third kappa shape index (κ3) is 1.79. The van der Waals surface area contributed by atoms with Gasteiger partial charge in [0.15, 0.2) is 0 Å². The number of carboxylic acid groups (broad SMARTS) is 1. The fourth-order valence-corrected chi connectivity index (χ4v) is 1.38. The lowest BCUT2D eigenvalue weighted by Gasteiger charge is -2.07. The van der Waals surface area contributed by atoms with Crippen LogP contribution in [0.3, 0.4) is 0 Å². The molecule has 2 rings (SSSR count). The quantitative estimate of drug-likeness (QED) is 0.718. The monoisotopic (exact) mass is 206 g/mol. The molecule has 0 amide bonds. The zero-order valence-corrected chi connectivity index (χ0v) is 7.87. The number of nitrogens with two attached hydrogens (primary N) is 1. The van der Waals surface area contributed by atoms with E-state index in [2.05, 4.69) is 10.3 Å². The van der Waals surface area contributed by atoms with Crippen molar-refractivity contribution >= 4 is 11.5 Å². The molecule has 1 unspecified atom stereocenters. The summed E-state index contributed by atoms with van der Waals surface area (Å²) >= 11 is 0. The maximum Gasteiger partial charge on any atom is 0.320 e. The SMILES string of the molecule is NC(Cc1cccc2cnnn12)C(=O)O. The molecule has 15 heavy (non-hydrogen) atoms. The lowest BCUT2D eigenvalue weighted by molar-refractivity contribution is -0.138. The Kier molecular flexibility index (Phi) is 2.34. The predicted molar refractivity (Wildman–Crippen MR) is 52.3 cm³/mol. The Labute approximate surface area is 85.3 Å². The number of nitrogens with zero attached hydrogens (tertiary/aromatic N) is 3. The Bertz CT molecular complexity index is 494. The minimum Gasteiger partial charge on any atom is -0.480 e. The maximum atomic E-state index is 10.6. The molecule has 3 N–H and O–H groups in total. The molecule has 2 heterocycles. The van der Waals surface area contributed by atoms with E-state index >= 15 is 0 Å². The predicted octanol–water partition coefficient (Wildman–Crippen LogP) is -0.316. The van der Waals surface area contributed by atoms with E-state index in [1.807, 2.05) is 12.1 Å². The average molecular weight is 206 g/mol. The van der Waals surface area contributed by atoms with Crippen molar-refractivity contribution in [2.45, 2.75) is 12.5 Å². The van der Waals surface area contributed by atoms with Gasteiger partial charge in [0.1, 0.15) is 6.04 Å². The summed E-state index contributed by atoms with van der Waals surface area (Å²) in [6.45, 7) is 0. The zero-order chi connectivity index (χ0) is 10.8. The van der Waals surface area contributed by atoms with Gasteiger partial charge in [0.25, 0.3) is 0 Å². The Morgan fingerprint density at radius 3 is 3.13 bits per heavy atom. The Morgan fingerprint density at radius 2 is 2.40 bits per heavy atom. The first-order valence-electron chi connectivity index (χ1n) is 4.45. The number of aliphatic carboxylic acids is 1. The molecule has 0 spiro atoms. The zero-order valence-electron chi connectivity index (χ0n) is 7.87. The van der Waals surface area contributed by atoms with Crippen molar-refractivity contribution in [3.63, 3.8) is 0 Å². The van der Waals surface area contributed by atoms with Gasteiger partial charge < -0.3 is 10.8 Å². The molecule has 0 aliphatic heterocycles. The van der Waals surface area contributed by atoms with Crippen molar-refractivity contribution in [1.82, 2.24) is 14.8 Å². The first-order valence-corrected chi connectivity index (χ1v) is 4.45. The second-order valence-corrected chi connectivity index (χ2v) is 3.24. The van der Waals surface area contributed by atoms with Gasteiger partial charge in [0, 0.05) is 12.1 Å². The number of pyridine rings is 1. The number of carbonyl (C=O) groups is 1. The number of hydrogen-bond acceptors (Lipinski definition) is 4. The molecule has 6 heteroatoms. The van der Waals surface area contributed by atoms with Gasteiger partial charge in [-0.3, -0.25) is 4.79 Å². The summed E-state index contributed by atoms with van der Waals surface area (Å²) in [4.78, 5) is 10.6. The van der Waals surface area contributed by atoms with Gasteiger partial charge in [0.2, 0.25) is 0 Å². The molecule has 1 atom stereocenters. The van der Waals surface area contributed by atoms with Gasteiger partial charge >= 0.3 is 5.97 Å². The van der Waals surface area contributed by atoms with E-state index in [0.717, 1.165) is 11.2 Å². The fourth-order valence-electron chi connectivity index (χ4n) is 1.38. The van der Waals surface area contributed by atoms with Crippen LogP contribution in [0.1, 0.15) is 5.69 Å². The minimum atomic E-state index is -1.02. The van der Waals surface area contributed by atoms with Crippen LogP contribution in [0.4, 0.5) is 0 Å². The first kappa shape index (κ1) is 9.60. The van der Waals surface area contributed by atoms with Crippen molar-refractivity contribution in [3.05, 3.63) is 30.1 Å². The molecular formula is C9H10N4O2. The normalized spacial score (nSPS) is 12.9. The van der Waals surface area contributed by atoms with Crippen molar-refractivity contribution in [2.24, 2.45) is 5.73 Å². The molecule has 0 aliphatic rings. The third-order valence-corrected chi connectivity index (χ3v) is 2.15. The second kappa shape index (κ2) is 3.66. The number of rotatable bonds is 3. The second-order valence-electron chi connectivity index (χ2n) is 3.24. The van der Waals surface area contributed by atoms with Gasteiger partial charge in [-0.2, -0.15) is 0 Å². The molecule has 0 radical (unpaired) electrons. The van der Waals surface area contributed by atoms with E-state index in [1.54, 1.807) is 16.8 Å². The summed E-state index contributed by atoms with van der Waals surface area (Å²) in [5.74, 6) is -1.02. The summed E-state index contributed by atoms with van der Waals surface area (Å²) in [5, 5.41) is 16.3. The molecule has 6 nitrogen and oxygen atoms in total. The Balaban J connectivity index is 2.35. The molecule has 0 saturated heterocycles. The van der Waals surface area contributed by atoms with Crippen molar-refractivity contribution in [1.29, 1.82) is 0 Å². The van der Waals surface area contributed by atoms with E-state index in [4.69, 9.17) is 10.8 Å². The average Bonchev–Trinajstić information content (AvgIpc) is 2.66. The highest BCUT2D eigenvalue weighted by Crippen LogP contribution is 2.06. The van der Waals surface area contributed by atoms with Gasteiger partial charge in [0.05, 0.1) is 11.7 Å². The number of carboxylic acids is 1. The number of hydrogen-bond donors (Lipinski definition) is 2. The lowest BCUT2D eigenvalue weighted by atomic mass is 10.1. The minimum absolute atomic E-state index is 0.232. The van der Waals surface area contributed by atoms with Crippen molar-refractivity contribution in [2.75, 3.05) is 0 Å². The molecule has 0 aliphatic carbocycles. The highest BCUT2D eigenvalue weighted by Gasteiger charge is 2.14. The highest BCUT2D eigenvalue weighted by molar-refractivity contribution is 5.73. The largest absolute Gasteiger partial charge is 0.480 e. The summed E-state index contributed by atoms with van der Waals surface area (Å²) in [5.41, 5.74) is 7.01. The van der Waals surface area contributed by atoms with Crippen LogP contribution in [0.15, 0.2) is 24.4 Å². The smallest absolute Gasteiger partial charge is 0.320 e. The topological polar surface area (TPSA) is 93.5 Å². The van der Waals surface area contributed by atoms with Gasteiger partial charge in [-0.15, -0.1) is 5.10 Å². The molecule has 0 aromatic carbocycles. The standard InChI is InChI=1S/C9H10N4O2/c10-8(9(14)15)4-6-2-1-3-7-5-11-12-13(6)7/h1-3,5,8H,4,10H2,(H,14,15). The first-order chi connectivity index (χ1) is 7.18. The summed E-state index contributed by atoms with van der Waals surface area (Å²) in [7, 11) is 0. The molecule has 78 valence electrons. The van der Waals surface area contributed by atoms with Crippen LogP contribution < -0.4 is 5.73 Å². The van der Waals surface area contributed by atoms with Gasteiger partial charge in [-0.1, -0.05) is 11.3 Å². The van der Waals surface area contributed by atoms with Crippen molar-refractivity contribution in [3.8, 4) is 0 Å². The van der Waals surface area contributed by atoms with E-state index in [-0.39, 0.29) is 6.42 Å².